The van der Waals surface area contributed by atoms with Crippen molar-refractivity contribution in [3.63, 3.8) is 0 Å². The molecule has 0 aliphatic heterocycles. The lowest BCUT2D eigenvalue weighted by molar-refractivity contribution is 0.283. The standard InChI is InChI=1S/C16H14FNO/c1-11-9-13(17)5-6-15(11)18-8-7-14-12(10-19)3-2-4-16(14)18/h2-9,19H,10H2,1H3. The summed E-state index contributed by atoms with van der Waals surface area (Å²) in [5.41, 5.74) is 3.75. The highest BCUT2D eigenvalue weighted by molar-refractivity contribution is 5.85. The SMILES string of the molecule is Cc1cc(F)ccc1-n1ccc2c(CO)cccc21. The van der Waals surface area contributed by atoms with Crippen molar-refractivity contribution in [3.05, 3.63) is 65.6 Å². The third-order valence-corrected chi connectivity index (χ3v) is 3.41. The lowest BCUT2D eigenvalue weighted by atomic mass is 10.1. The van der Waals surface area contributed by atoms with Gasteiger partial charge in [0.05, 0.1) is 12.1 Å². The molecule has 0 bridgehead atoms. The third kappa shape index (κ3) is 1.92. The van der Waals surface area contributed by atoms with Crippen molar-refractivity contribution in [1.29, 1.82) is 0 Å². The van der Waals surface area contributed by atoms with Crippen LogP contribution in [0.1, 0.15) is 11.1 Å². The smallest absolute Gasteiger partial charge is 0.123 e. The van der Waals surface area contributed by atoms with Gasteiger partial charge in [-0.1, -0.05) is 12.1 Å². The molecule has 2 nitrogen and oxygen atoms in total. The van der Waals surface area contributed by atoms with Crippen molar-refractivity contribution in [2.75, 3.05) is 0 Å². The minimum Gasteiger partial charge on any atom is -0.392 e. The van der Waals surface area contributed by atoms with Crippen LogP contribution >= 0.6 is 0 Å². The van der Waals surface area contributed by atoms with Crippen molar-refractivity contribution >= 4 is 10.9 Å². The van der Waals surface area contributed by atoms with Gasteiger partial charge >= 0.3 is 0 Å². The van der Waals surface area contributed by atoms with Crippen molar-refractivity contribution in [2.45, 2.75) is 13.5 Å². The monoisotopic (exact) mass is 255 g/mol. The van der Waals surface area contributed by atoms with Crippen molar-refractivity contribution in [3.8, 4) is 5.69 Å². The number of aliphatic hydroxyl groups excluding tert-OH is 1. The molecule has 3 aromatic rings. The second-order valence-electron chi connectivity index (χ2n) is 4.62. The van der Waals surface area contributed by atoms with Gasteiger partial charge in [-0.25, -0.2) is 4.39 Å². The zero-order chi connectivity index (χ0) is 13.4. The minimum absolute atomic E-state index is 0.0176. The van der Waals surface area contributed by atoms with E-state index in [0.29, 0.717) is 0 Å². The highest BCUT2D eigenvalue weighted by Crippen LogP contribution is 2.25. The number of nitrogens with zero attached hydrogens (tertiary/aromatic N) is 1. The lowest BCUT2D eigenvalue weighted by Gasteiger charge is -2.09. The first-order chi connectivity index (χ1) is 9.20. The van der Waals surface area contributed by atoms with Crippen molar-refractivity contribution in [2.24, 2.45) is 0 Å². The number of hydrogen-bond donors (Lipinski definition) is 1. The topological polar surface area (TPSA) is 25.2 Å². The molecule has 1 heterocycles. The number of aliphatic hydroxyl groups is 1. The molecule has 0 spiro atoms. The Bertz CT molecular complexity index is 746. The van der Waals surface area contributed by atoms with Gasteiger partial charge in [0, 0.05) is 17.3 Å². The minimum atomic E-state index is -0.228. The molecule has 0 aliphatic rings. The number of aryl methyl sites for hydroxylation is 1. The molecule has 3 rings (SSSR count). The summed E-state index contributed by atoms with van der Waals surface area (Å²) in [4.78, 5) is 0. The van der Waals surface area contributed by atoms with Crippen LogP contribution in [0.25, 0.3) is 16.6 Å². The Hall–Kier alpha value is -2.13. The van der Waals surface area contributed by atoms with E-state index in [1.165, 1.54) is 12.1 Å². The molecule has 3 heteroatoms. The first-order valence-corrected chi connectivity index (χ1v) is 6.17. The van der Waals surface area contributed by atoms with Crippen molar-refractivity contribution < 1.29 is 9.50 Å². The first kappa shape index (κ1) is 11.9. The summed E-state index contributed by atoms with van der Waals surface area (Å²) in [7, 11) is 0. The highest BCUT2D eigenvalue weighted by atomic mass is 19.1. The summed E-state index contributed by atoms with van der Waals surface area (Å²) in [6.07, 6.45) is 1.95. The number of halogens is 1. The summed E-state index contributed by atoms with van der Waals surface area (Å²) in [5.74, 6) is -0.228. The average molecular weight is 255 g/mol. The number of hydrogen-bond acceptors (Lipinski definition) is 1. The lowest BCUT2D eigenvalue weighted by Crippen LogP contribution is -1.96. The quantitative estimate of drug-likeness (QED) is 0.744. The summed E-state index contributed by atoms with van der Waals surface area (Å²) in [6.45, 7) is 1.91. The summed E-state index contributed by atoms with van der Waals surface area (Å²) in [5, 5.41) is 10.4. The molecule has 0 amide bonds. The maximum Gasteiger partial charge on any atom is 0.123 e. The molecule has 0 saturated carbocycles. The van der Waals surface area contributed by atoms with Gasteiger partial charge in [0.1, 0.15) is 5.82 Å². The number of benzene rings is 2. The number of aromatic nitrogens is 1. The van der Waals surface area contributed by atoms with Gasteiger partial charge in [0.25, 0.3) is 0 Å². The normalized spacial score (nSPS) is 11.1. The van der Waals surface area contributed by atoms with Gasteiger partial charge in [0.2, 0.25) is 0 Å². The van der Waals surface area contributed by atoms with Crippen LogP contribution in [-0.4, -0.2) is 9.67 Å². The zero-order valence-electron chi connectivity index (χ0n) is 10.6. The zero-order valence-corrected chi connectivity index (χ0v) is 10.6. The van der Waals surface area contributed by atoms with E-state index in [1.54, 1.807) is 6.07 Å². The maximum atomic E-state index is 13.2. The number of rotatable bonds is 2. The first-order valence-electron chi connectivity index (χ1n) is 6.17. The fourth-order valence-electron chi connectivity index (χ4n) is 2.47. The second kappa shape index (κ2) is 4.52. The van der Waals surface area contributed by atoms with Gasteiger partial charge < -0.3 is 9.67 Å². The largest absolute Gasteiger partial charge is 0.392 e. The van der Waals surface area contributed by atoms with E-state index in [0.717, 1.165) is 27.7 Å². The van der Waals surface area contributed by atoms with Crippen molar-refractivity contribution in [1.82, 2.24) is 4.57 Å². The summed E-state index contributed by atoms with van der Waals surface area (Å²) >= 11 is 0. The molecule has 96 valence electrons. The average Bonchev–Trinajstić information content (AvgIpc) is 2.82. The Kier molecular flexibility index (Phi) is 2.84. The molecule has 0 saturated heterocycles. The molecule has 0 aliphatic carbocycles. The summed E-state index contributed by atoms with van der Waals surface area (Å²) < 4.78 is 15.2. The second-order valence-corrected chi connectivity index (χ2v) is 4.62. The summed E-state index contributed by atoms with van der Waals surface area (Å²) in [6, 6.07) is 12.6. The van der Waals surface area contributed by atoms with E-state index >= 15 is 0 Å². The van der Waals surface area contributed by atoms with Crippen LogP contribution in [0.2, 0.25) is 0 Å². The molecule has 19 heavy (non-hydrogen) atoms. The molecular weight excluding hydrogens is 241 g/mol. The molecule has 1 N–H and O–H groups in total. The highest BCUT2D eigenvalue weighted by Gasteiger charge is 2.08. The van der Waals surface area contributed by atoms with E-state index in [4.69, 9.17) is 0 Å². The van der Waals surface area contributed by atoms with Gasteiger partial charge in [-0.05, 0) is 48.4 Å². The number of fused-ring (bicyclic) bond motifs is 1. The van der Waals surface area contributed by atoms with Crippen LogP contribution in [0.4, 0.5) is 4.39 Å². The Morgan fingerprint density at radius 1 is 1.16 bits per heavy atom. The van der Waals surface area contributed by atoms with Gasteiger partial charge in [-0.3, -0.25) is 0 Å². The third-order valence-electron chi connectivity index (χ3n) is 3.41. The van der Waals surface area contributed by atoms with Crippen LogP contribution in [0, 0.1) is 12.7 Å². The Morgan fingerprint density at radius 2 is 2.00 bits per heavy atom. The van der Waals surface area contributed by atoms with Crippen LogP contribution < -0.4 is 0 Å². The van der Waals surface area contributed by atoms with E-state index < -0.39 is 0 Å². The Labute approximate surface area is 110 Å². The van der Waals surface area contributed by atoms with Gasteiger partial charge in [-0.15, -0.1) is 0 Å². The maximum absolute atomic E-state index is 13.2. The Balaban J connectivity index is 2.26. The van der Waals surface area contributed by atoms with Gasteiger partial charge in [-0.2, -0.15) is 0 Å². The van der Waals surface area contributed by atoms with Crippen LogP contribution in [-0.2, 0) is 6.61 Å². The van der Waals surface area contributed by atoms with E-state index in [9.17, 15) is 9.50 Å². The van der Waals surface area contributed by atoms with E-state index in [2.05, 4.69) is 0 Å². The van der Waals surface area contributed by atoms with Crippen LogP contribution in [0.5, 0.6) is 0 Å². The fourth-order valence-corrected chi connectivity index (χ4v) is 2.47. The molecule has 0 fully saturated rings. The van der Waals surface area contributed by atoms with Crippen LogP contribution in [0.3, 0.4) is 0 Å². The molecular formula is C16H14FNO. The molecule has 0 radical (unpaired) electrons. The fraction of sp³-hybridized carbons (Fsp3) is 0.125. The molecule has 2 aromatic carbocycles. The molecule has 0 unspecified atom stereocenters. The van der Waals surface area contributed by atoms with E-state index in [1.807, 2.05) is 42.0 Å². The predicted molar refractivity (Wildman–Crippen MR) is 73.9 cm³/mol. The predicted octanol–water partition coefficient (Wildman–Crippen LogP) is 3.57. The molecule has 0 atom stereocenters. The van der Waals surface area contributed by atoms with Crippen LogP contribution in [0.15, 0.2) is 48.7 Å². The van der Waals surface area contributed by atoms with Gasteiger partial charge in [0.15, 0.2) is 0 Å². The Morgan fingerprint density at radius 3 is 2.74 bits per heavy atom. The van der Waals surface area contributed by atoms with E-state index in [-0.39, 0.29) is 12.4 Å². The molecule has 1 aromatic heterocycles.